The zero-order valence-electron chi connectivity index (χ0n) is 14.6. The molecule has 1 saturated heterocycles. The van der Waals surface area contributed by atoms with Gasteiger partial charge in [-0.05, 0) is 24.3 Å². The molecule has 6 nitrogen and oxygen atoms in total. The number of piperazine rings is 1. The molecule has 1 aliphatic rings. The molecule has 0 saturated carbocycles. The first kappa shape index (κ1) is 17.6. The third kappa shape index (κ3) is 4.64. The van der Waals surface area contributed by atoms with Gasteiger partial charge < -0.3 is 9.32 Å². The zero-order chi connectivity index (χ0) is 17.8. The van der Waals surface area contributed by atoms with Crippen LogP contribution in [0.1, 0.15) is 5.69 Å². The van der Waals surface area contributed by atoms with Crippen molar-refractivity contribution in [3.05, 3.63) is 42.0 Å². The maximum absolute atomic E-state index is 13.0. The summed E-state index contributed by atoms with van der Waals surface area (Å²) in [6, 6.07) is 6.11. The molecule has 25 heavy (non-hydrogen) atoms. The molecule has 0 atom stereocenters. The molecule has 1 aliphatic heterocycles. The first-order chi connectivity index (χ1) is 12.0. The highest BCUT2D eigenvalue weighted by molar-refractivity contribution is 5.77. The Labute approximate surface area is 146 Å². The van der Waals surface area contributed by atoms with E-state index in [0.29, 0.717) is 19.0 Å². The molecule has 1 aromatic carbocycles. The number of carbonyl (C=O) groups is 1. The van der Waals surface area contributed by atoms with Crippen molar-refractivity contribution in [2.24, 2.45) is 0 Å². The van der Waals surface area contributed by atoms with Crippen LogP contribution in [0.5, 0.6) is 0 Å². The first-order valence-corrected chi connectivity index (χ1v) is 8.36. The molecule has 1 fully saturated rings. The average molecular weight is 346 g/mol. The molecule has 2 aromatic rings. The molecule has 3 rings (SSSR count). The number of rotatable bonds is 5. The largest absolute Gasteiger partial charge is 0.444 e. The highest BCUT2D eigenvalue weighted by atomic mass is 19.1. The van der Waals surface area contributed by atoms with Gasteiger partial charge in [0.25, 0.3) is 0 Å². The Morgan fingerprint density at radius 1 is 1.16 bits per heavy atom. The van der Waals surface area contributed by atoms with Crippen molar-refractivity contribution in [1.29, 1.82) is 0 Å². The normalized spacial score (nSPS) is 16.1. The molecule has 1 aromatic heterocycles. The Balaban J connectivity index is 1.51. The molecule has 134 valence electrons. The van der Waals surface area contributed by atoms with Crippen molar-refractivity contribution in [2.45, 2.75) is 6.54 Å². The van der Waals surface area contributed by atoms with Gasteiger partial charge in [-0.2, -0.15) is 0 Å². The van der Waals surface area contributed by atoms with Crippen molar-refractivity contribution >= 4 is 5.91 Å². The molecule has 0 bridgehead atoms. The summed E-state index contributed by atoms with van der Waals surface area (Å²) in [5.74, 6) is 0.361. The maximum Gasteiger partial charge on any atom is 0.236 e. The molecular weight excluding hydrogens is 323 g/mol. The second-order valence-electron chi connectivity index (χ2n) is 6.49. The summed E-state index contributed by atoms with van der Waals surface area (Å²) >= 11 is 0. The van der Waals surface area contributed by atoms with Crippen LogP contribution in [0.2, 0.25) is 0 Å². The lowest BCUT2D eigenvalue weighted by molar-refractivity contribution is -0.130. The van der Waals surface area contributed by atoms with Crippen LogP contribution in [0, 0.1) is 5.82 Å². The molecule has 0 radical (unpaired) electrons. The molecule has 2 heterocycles. The van der Waals surface area contributed by atoms with Crippen molar-refractivity contribution in [2.75, 3.05) is 46.8 Å². The van der Waals surface area contributed by atoms with E-state index >= 15 is 0 Å². The monoisotopic (exact) mass is 346 g/mol. The predicted octanol–water partition coefficient (Wildman–Crippen LogP) is 1.69. The van der Waals surface area contributed by atoms with E-state index < -0.39 is 0 Å². The standard InChI is InChI=1S/C18H23FN4O2/c1-21(2)17(24)12-23-9-7-22(8-10-23)11-16-13-25-18(20-16)14-3-5-15(19)6-4-14/h3-6,13H,7-12H2,1-2H3. The summed E-state index contributed by atoms with van der Waals surface area (Å²) in [6.45, 7) is 4.68. The fourth-order valence-corrected chi connectivity index (χ4v) is 2.77. The Morgan fingerprint density at radius 3 is 2.44 bits per heavy atom. The van der Waals surface area contributed by atoms with Crippen molar-refractivity contribution in [1.82, 2.24) is 19.7 Å². The Bertz CT molecular complexity index is 706. The van der Waals surface area contributed by atoms with E-state index in [1.54, 1.807) is 37.4 Å². The SMILES string of the molecule is CN(C)C(=O)CN1CCN(Cc2coc(-c3ccc(F)cc3)n2)CC1. The van der Waals surface area contributed by atoms with Crippen molar-refractivity contribution < 1.29 is 13.6 Å². The van der Waals surface area contributed by atoms with E-state index in [-0.39, 0.29) is 11.7 Å². The van der Waals surface area contributed by atoms with Crippen LogP contribution in [0.15, 0.2) is 34.9 Å². The van der Waals surface area contributed by atoms with Gasteiger partial charge in [0, 0.05) is 52.4 Å². The average Bonchev–Trinajstić information content (AvgIpc) is 3.05. The zero-order valence-corrected chi connectivity index (χ0v) is 14.6. The number of halogens is 1. The van der Waals surface area contributed by atoms with Gasteiger partial charge in [-0.15, -0.1) is 0 Å². The smallest absolute Gasteiger partial charge is 0.236 e. The van der Waals surface area contributed by atoms with E-state index in [1.807, 2.05) is 0 Å². The van der Waals surface area contributed by atoms with Gasteiger partial charge in [0.05, 0.1) is 12.2 Å². The molecule has 7 heteroatoms. The number of nitrogens with zero attached hydrogens (tertiary/aromatic N) is 4. The van der Waals surface area contributed by atoms with Gasteiger partial charge in [0.1, 0.15) is 12.1 Å². The molecule has 0 aliphatic carbocycles. The minimum absolute atomic E-state index is 0.133. The lowest BCUT2D eigenvalue weighted by atomic mass is 10.2. The fraction of sp³-hybridized carbons (Fsp3) is 0.444. The van der Waals surface area contributed by atoms with Crippen LogP contribution in [0.3, 0.4) is 0 Å². The van der Waals surface area contributed by atoms with Gasteiger partial charge >= 0.3 is 0 Å². The lowest BCUT2D eigenvalue weighted by Crippen LogP contribution is -2.48. The van der Waals surface area contributed by atoms with E-state index in [4.69, 9.17) is 4.42 Å². The number of hydrogen-bond acceptors (Lipinski definition) is 5. The molecule has 0 N–H and O–H groups in total. The van der Waals surface area contributed by atoms with Gasteiger partial charge in [-0.25, -0.2) is 9.37 Å². The summed E-state index contributed by atoms with van der Waals surface area (Å²) < 4.78 is 18.5. The number of amides is 1. The van der Waals surface area contributed by atoms with Crippen LogP contribution in [-0.2, 0) is 11.3 Å². The Kier molecular flexibility index (Phi) is 5.45. The fourth-order valence-electron chi connectivity index (χ4n) is 2.77. The van der Waals surface area contributed by atoms with Gasteiger partial charge in [0.2, 0.25) is 11.8 Å². The molecule has 0 spiro atoms. The van der Waals surface area contributed by atoms with Crippen LogP contribution >= 0.6 is 0 Å². The van der Waals surface area contributed by atoms with Crippen LogP contribution in [0.4, 0.5) is 4.39 Å². The number of hydrogen-bond donors (Lipinski definition) is 0. The summed E-state index contributed by atoms with van der Waals surface area (Å²) in [6.07, 6.45) is 1.65. The van der Waals surface area contributed by atoms with Crippen molar-refractivity contribution in [3.63, 3.8) is 0 Å². The summed E-state index contributed by atoms with van der Waals surface area (Å²) in [5, 5.41) is 0. The highest BCUT2D eigenvalue weighted by Crippen LogP contribution is 2.19. The second-order valence-corrected chi connectivity index (χ2v) is 6.49. The topological polar surface area (TPSA) is 52.8 Å². The third-order valence-corrected chi connectivity index (χ3v) is 4.35. The molecular formula is C18H23FN4O2. The summed E-state index contributed by atoms with van der Waals surface area (Å²) in [5.41, 5.74) is 1.62. The number of likely N-dealkylation sites (N-methyl/N-ethyl adjacent to an activating group) is 1. The second kappa shape index (κ2) is 7.76. The third-order valence-electron chi connectivity index (χ3n) is 4.35. The first-order valence-electron chi connectivity index (χ1n) is 8.36. The molecule has 1 amide bonds. The number of aromatic nitrogens is 1. The number of benzene rings is 1. The Morgan fingerprint density at radius 2 is 1.80 bits per heavy atom. The van der Waals surface area contributed by atoms with E-state index in [1.165, 1.54) is 12.1 Å². The van der Waals surface area contributed by atoms with E-state index in [9.17, 15) is 9.18 Å². The quantitative estimate of drug-likeness (QED) is 0.825. The van der Waals surface area contributed by atoms with Crippen LogP contribution in [-0.4, -0.2) is 72.4 Å². The minimum Gasteiger partial charge on any atom is -0.444 e. The van der Waals surface area contributed by atoms with Crippen LogP contribution < -0.4 is 0 Å². The highest BCUT2D eigenvalue weighted by Gasteiger charge is 2.20. The minimum atomic E-state index is -0.277. The van der Waals surface area contributed by atoms with E-state index in [2.05, 4.69) is 14.8 Å². The number of oxazole rings is 1. The number of carbonyl (C=O) groups excluding carboxylic acids is 1. The van der Waals surface area contributed by atoms with Crippen LogP contribution in [0.25, 0.3) is 11.5 Å². The summed E-state index contributed by atoms with van der Waals surface area (Å²) in [7, 11) is 3.56. The van der Waals surface area contributed by atoms with E-state index in [0.717, 1.165) is 37.4 Å². The predicted molar refractivity (Wildman–Crippen MR) is 92.3 cm³/mol. The lowest BCUT2D eigenvalue weighted by Gasteiger charge is -2.34. The van der Waals surface area contributed by atoms with Gasteiger partial charge in [0.15, 0.2) is 0 Å². The Hall–Kier alpha value is -2.25. The van der Waals surface area contributed by atoms with Crippen molar-refractivity contribution in [3.8, 4) is 11.5 Å². The molecule has 0 unspecified atom stereocenters. The van der Waals surface area contributed by atoms with Gasteiger partial charge in [-0.1, -0.05) is 0 Å². The van der Waals surface area contributed by atoms with Gasteiger partial charge in [-0.3, -0.25) is 14.6 Å². The summed E-state index contributed by atoms with van der Waals surface area (Å²) in [4.78, 5) is 22.3. The maximum atomic E-state index is 13.0.